The van der Waals surface area contributed by atoms with Gasteiger partial charge in [0.15, 0.2) is 0 Å². The Morgan fingerprint density at radius 3 is 2.50 bits per heavy atom. The summed E-state index contributed by atoms with van der Waals surface area (Å²) in [6.07, 6.45) is 0. The SMILES string of the molecule is CCOC(=O)CNC(=O)CSc1nnc(-c2ccc(C(C)(C)C)cc2)o1. The Labute approximate surface area is 156 Å². The predicted octanol–water partition coefficient (Wildman–Crippen LogP) is 2.81. The van der Waals surface area contributed by atoms with Crippen LogP contribution in [0.2, 0.25) is 0 Å². The monoisotopic (exact) mass is 377 g/mol. The first-order chi connectivity index (χ1) is 12.3. The van der Waals surface area contributed by atoms with Gasteiger partial charge in [-0.3, -0.25) is 9.59 Å². The Morgan fingerprint density at radius 2 is 1.88 bits per heavy atom. The summed E-state index contributed by atoms with van der Waals surface area (Å²) in [5.74, 6) is -0.300. The molecule has 0 radical (unpaired) electrons. The number of nitrogens with one attached hydrogen (secondary N) is 1. The van der Waals surface area contributed by atoms with Crippen molar-refractivity contribution >= 4 is 23.6 Å². The number of carbonyl (C=O) groups is 2. The predicted molar refractivity (Wildman–Crippen MR) is 98.8 cm³/mol. The standard InChI is InChI=1S/C18H23N3O4S/c1-5-24-15(23)10-19-14(22)11-26-17-21-20-16(25-17)12-6-8-13(9-7-12)18(2,3)4/h6-9H,5,10-11H2,1-4H3,(H,19,22). The van der Waals surface area contributed by atoms with Gasteiger partial charge >= 0.3 is 5.97 Å². The molecule has 0 atom stereocenters. The maximum absolute atomic E-state index is 11.7. The highest BCUT2D eigenvalue weighted by atomic mass is 32.2. The number of benzene rings is 1. The van der Waals surface area contributed by atoms with E-state index in [-0.39, 0.29) is 30.2 Å². The fourth-order valence-corrected chi connectivity index (χ4v) is 2.65. The zero-order valence-electron chi connectivity index (χ0n) is 15.4. The third kappa shape index (κ3) is 5.87. The second kappa shape index (κ2) is 8.84. The molecule has 2 aromatic rings. The van der Waals surface area contributed by atoms with Crippen molar-refractivity contribution in [3.05, 3.63) is 29.8 Å². The minimum absolute atomic E-state index is 0.0734. The Kier molecular flexibility index (Phi) is 6.79. The highest BCUT2D eigenvalue weighted by Gasteiger charge is 2.15. The average Bonchev–Trinajstić information content (AvgIpc) is 3.07. The number of hydrogen-bond donors (Lipinski definition) is 1. The molecule has 0 aliphatic rings. The number of carbonyl (C=O) groups excluding carboxylic acids is 2. The van der Waals surface area contributed by atoms with Gasteiger partial charge in [-0.25, -0.2) is 0 Å². The highest BCUT2D eigenvalue weighted by molar-refractivity contribution is 7.99. The smallest absolute Gasteiger partial charge is 0.325 e. The van der Waals surface area contributed by atoms with Gasteiger partial charge in [-0.15, -0.1) is 10.2 Å². The number of nitrogens with zero attached hydrogens (tertiary/aromatic N) is 2. The molecule has 0 aliphatic carbocycles. The minimum Gasteiger partial charge on any atom is -0.465 e. The number of rotatable bonds is 7. The quantitative estimate of drug-likeness (QED) is 0.585. The molecule has 2 rings (SSSR count). The van der Waals surface area contributed by atoms with E-state index in [2.05, 4.69) is 36.3 Å². The molecular formula is C18H23N3O4S. The molecular weight excluding hydrogens is 354 g/mol. The van der Waals surface area contributed by atoms with Crippen LogP contribution in [0.3, 0.4) is 0 Å². The number of ether oxygens (including phenoxy) is 1. The third-order valence-electron chi connectivity index (χ3n) is 3.47. The van der Waals surface area contributed by atoms with Crippen molar-refractivity contribution in [3.8, 4) is 11.5 Å². The molecule has 0 bridgehead atoms. The van der Waals surface area contributed by atoms with E-state index < -0.39 is 5.97 Å². The maximum Gasteiger partial charge on any atom is 0.325 e. The van der Waals surface area contributed by atoms with Crippen LogP contribution in [0.5, 0.6) is 0 Å². The van der Waals surface area contributed by atoms with Crippen LogP contribution >= 0.6 is 11.8 Å². The molecule has 1 aromatic heterocycles. The van der Waals surface area contributed by atoms with Gasteiger partial charge in [0.05, 0.1) is 12.4 Å². The number of thioether (sulfide) groups is 1. The zero-order chi connectivity index (χ0) is 19.2. The van der Waals surface area contributed by atoms with Crippen molar-refractivity contribution in [2.45, 2.75) is 38.3 Å². The van der Waals surface area contributed by atoms with E-state index in [1.807, 2.05) is 24.3 Å². The van der Waals surface area contributed by atoms with E-state index in [0.29, 0.717) is 11.1 Å². The molecule has 1 N–H and O–H groups in total. The second-order valence-corrected chi connectivity index (χ2v) is 7.50. The lowest BCUT2D eigenvalue weighted by Gasteiger charge is -2.18. The van der Waals surface area contributed by atoms with E-state index in [4.69, 9.17) is 9.15 Å². The van der Waals surface area contributed by atoms with E-state index in [0.717, 1.165) is 17.3 Å². The van der Waals surface area contributed by atoms with Gasteiger partial charge in [0, 0.05) is 5.56 Å². The van der Waals surface area contributed by atoms with Crippen molar-refractivity contribution in [2.75, 3.05) is 18.9 Å². The van der Waals surface area contributed by atoms with Crippen LogP contribution in [0.4, 0.5) is 0 Å². The fraction of sp³-hybridized carbons (Fsp3) is 0.444. The lowest BCUT2D eigenvalue weighted by molar-refractivity contribution is -0.143. The zero-order valence-corrected chi connectivity index (χ0v) is 16.2. The first-order valence-corrected chi connectivity index (χ1v) is 9.27. The van der Waals surface area contributed by atoms with Gasteiger partial charge < -0.3 is 14.5 Å². The molecule has 0 fully saturated rings. The largest absolute Gasteiger partial charge is 0.465 e. The van der Waals surface area contributed by atoms with Gasteiger partial charge in [-0.2, -0.15) is 0 Å². The Balaban J connectivity index is 1.87. The Hall–Kier alpha value is -2.35. The third-order valence-corrected chi connectivity index (χ3v) is 4.28. The number of hydrogen-bond acceptors (Lipinski definition) is 7. The topological polar surface area (TPSA) is 94.3 Å². The molecule has 1 aromatic carbocycles. The Bertz CT molecular complexity index is 751. The van der Waals surface area contributed by atoms with Crippen molar-refractivity contribution in [1.29, 1.82) is 0 Å². The lowest BCUT2D eigenvalue weighted by atomic mass is 9.87. The fourth-order valence-electron chi connectivity index (χ4n) is 2.06. The average molecular weight is 377 g/mol. The number of aromatic nitrogens is 2. The van der Waals surface area contributed by atoms with E-state index in [9.17, 15) is 9.59 Å². The summed E-state index contributed by atoms with van der Waals surface area (Å²) in [5.41, 5.74) is 2.11. The molecule has 0 aliphatic heterocycles. The summed E-state index contributed by atoms with van der Waals surface area (Å²) in [6, 6.07) is 7.95. The Morgan fingerprint density at radius 1 is 1.19 bits per heavy atom. The van der Waals surface area contributed by atoms with Crippen LogP contribution in [-0.4, -0.2) is 41.0 Å². The molecule has 0 saturated carbocycles. The van der Waals surface area contributed by atoms with Crippen molar-refractivity contribution in [3.63, 3.8) is 0 Å². The van der Waals surface area contributed by atoms with Crippen molar-refractivity contribution in [1.82, 2.24) is 15.5 Å². The van der Waals surface area contributed by atoms with Crippen LogP contribution in [0, 0.1) is 0 Å². The summed E-state index contributed by atoms with van der Waals surface area (Å²) >= 11 is 1.11. The normalized spacial score (nSPS) is 11.2. The summed E-state index contributed by atoms with van der Waals surface area (Å²) in [5, 5.41) is 10.7. The van der Waals surface area contributed by atoms with E-state index >= 15 is 0 Å². The lowest BCUT2D eigenvalue weighted by Crippen LogP contribution is -2.31. The van der Waals surface area contributed by atoms with Gasteiger partial charge in [-0.1, -0.05) is 44.7 Å². The molecule has 7 nitrogen and oxygen atoms in total. The molecule has 8 heteroatoms. The van der Waals surface area contributed by atoms with Crippen LogP contribution in [0.25, 0.3) is 11.5 Å². The molecule has 0 unspecified atom stereocenters. The summed E-state index contributed by atoms with van der Waals surface area (Å²) in [6.45, 7) is 8.29. The van der Waals surface area contributed by atoms with Gasteiger partial charge in [0.2, 0.25) is 11.8 Å². The van der Waals surface area contributed by atoms with Gasteiger partial charge in [-0.05, 0) is 30.0 Å². The summed E-state index contributed by atoms with van der Waals surface area (Å²) in [4.78, 5) is 22.9. The van der Waals surface area contributed by atoms with Crippen LogP contribution in [0.15, 0.2) is 33.9 Å². The molecule has 1 heterocycles. The van der Waals surface area contributed by atoms with Crippen molar-refractivity contribution < 1.29 is 18.7 Å². The van der Waals surface area contributed by atoms with Crippen LogP contribution < -0.4 is 5.32 Å². The molecule has 0 spiro atoms. The first-order valence-electron chi connectivity index (χ1n) is 8.29. The summed E-state index contributed by atoms with van der Waals surface area (Å²) < 4.78 is 10.3. The molecule has 140 valence electrons. The second-order valence-electron chi connectivity index (χ2n) is 6.57. The van der Waals surface area contributed by atoms with E-state index in [1.54, 1.807) is 6.92 Å². The highest BCUT2D eigenvalue weighted by Crippen LogP contribution is 2.27. The van der Waals surface area contributed by atoms with Crippen LogP contribution in [-0.2, 0) is 19.7 Å². The molecule has 1 amide bonds. The molecule has 0 saturated heterocycles. The van der Waals surface area contributed by atoms with Crippen LogP contribution in [0.1, 0.15) is 33.3 Å². The minimum atomic E-state index is -0.468. The van der Waals surface area contributed by atoms with Gasteiger partial charge in [0.25, 0.3) is 5.22 Å². The summed E-state index contributed by atoms with van der Waals surface area (Å²) in [7, 11) is 0. The number of esters is 1. The molecule has 26 heavy (non-hydrogen) atoms. The first kappa shape index (κ1) is 20.0. The van der Waals surface area contributed by atoms with E-state index in [1.165, 1.54) is 5.56 Å². The van der Waals surface area contributed by atoms with Gasteiger partial charge in [0.1, 0.15) is 6.54 Å². The maximum atomic E-state index is 11.7. The van der Waals surface area contributed by atoms with Crippen molar-refractivity contribution in [2.24, 2.45) is 0 Å². The number of amides is 1.